The van der Waals surface area contributed by atoms with Crippen LogP contribution in [0.15, 0.2) is 10.9 Å². The van der Waals surface area contributed by atoms with Crippen LogP contribution in [-0.4, -0.2) is 17.1 Å². The summed E-state index contributed by atoms with van der Waals surface area (Å²) in [7, 11) is 1.41. The van der Waals surface area contributed by atoms with Gasteiger partial charge in [0, 0.05) is 6.07 Å². The molecule has 54 valence electrons. The van der Waals surface area contributed by atoms with Gasteiger partial charge >= 0.3 is 5.69 Å². The van der Waals surface area contributed by atoms with Crippen LogP contribution in [0.25, 0.3) is 0 Å². The Morgan fingerprint density at radius 3 is 3.00 bits per heavy atom. The zero-order chi connectivity index (χ0) is 7.56. The highest BCUT2D eigenvalue weighted by molar-refractivity contribution is 6.29. The van der Waals surface area contributed by atoms with Gasteiger partial charge in [-0.2, -0.15) is 4.98 Å². The second kappa shape index (κ2) is 2.70. The summed E-state index contributed by atoms with van der Waals surface area (Å²) in [6, 6.07) is 1.42. The summed E-state index contributed by atoms with van der Waals surface area (Å²) in [6.45, 7) is 0. The fraction of sp³-hybridized carbons (Fsp3) is 0.200. The molecule has 5 heteroatoms. The number of H-pyrrole nitrogens is 1. The van der Waals surface area contributed by atoms with Gasteiger partial charge in [-0.3, -0.25) is 4.98 Å². The fourth-order valence-electron chi connectivity index (χ4n) is 0.512. The molecule has 1 N–H and O–H groups in total. The predicted octanol–water partition coefficient (Wildman–Crippen LogP) is 0.432. The Hall–Kier alpha value is -1.03. The second-order valence-electron chi connectivity index (χ2n) is 1.58. The fourth-order valence-corrected chi connectivity index (χ4v) is 0.686. The number of aromatic nitrogens is 2. The van der Waals surface area contributed by atoms with E-state index in [0.717, 1.165) is 0 Å². The van der Waals surface area contributed by atoms with Gasteiger partial charge in [-0.1, -0.05) is 11.6 Å². The quantitative estimate of drug-likeness (QED) is 0.607. The molecule has 10 heavy (non-hydrogen) atoms. The average molecular weight is 161 g/mol. The lowest BCUT2D eigenvalue weighted by molar-refractivity contribution is 0.395. The zero-order valence-electron chi connectivity index (χ0n) is 5.22. The highest BCUT2D eigenvalue weighted by Gasteiger charge is 1.95. The molecule has 4 nitrogen and oxygen atoms in total. The van der Waals surface area contributed by atoms with Crippen LogP contribution in [-0.2, 0) is 0 Å². The maximum Gasteiger partial charge on any atom is 0.349 e. The van der Waals surface area contributed by atoms with Crippen LogP contribution in [0.2, 0.25) is 5.15 Å². The Kier molecular flexibility index (Phi) is 1.91. The highest BCUT2D eigenvalue weighted by Crippen LogP contribution is 2.07. The van der Waals surface area contributed by atoms with Crippen molar-refractivity contribution in [3.05, 3.63) is 21.7 Å². The monoisotopic (exact) mass is 160 g/mol. The summed E-state index contributed by atoms with van der Waals surface area (Å²) in [6.07, 6.45) is 0. The Labute approximate surface area is 61.8 Å². The minimum atomic E-state index is -0.510. The molecule has 1 aromatic rings. The standard InChI is InChI=1S/C5H5ClN2O2/c1-10-4-2-3(6)7-5(9)8-4/h2H,1H3,(H,7,8,9). The molecule has 0 radical (unpaired) electrons. The Balaban J connectivity index is 3.19. The molecule has 0 atom stereocenters. The minimum Gasteiger partial charge on any atom is -0.481 e. The van der Waals surface area contributed by atoms with Crippen molar-refractivity contribution in [3.8, 4) is 5.88 Å². The van der Waals surface area contributed by atoms with Gasteiger partial charge in [0.15, 0.2) is 0 Å². The molecular formula is C5H5ClN2O2. The van der Waals surface area contributed by atoms with Crippen molar-refractivity contribution in [3.63, 3.8) is 0 Å². The van der Waals surface area contributed by atoms with Crippen LogP contribution >= 0.6 is 11.6 Å². The number of rotatable bonds is 1. The smallest absolute Gasteiger partial charge is 0.349 e. The van der Waals surface area contributed by atoms with E-state index in [4.69, 9.17) is 11.6 Å². The van der Waals surface area contributed by atoms with Crippen LogP contribution < -0.4 is 10.4 Å². The van der Waals surface area contributed by atoms with Crippen LogP contribution in [0.1, 0.15) is 0 Å². The molecule has 0 aliphatic carbocycles. The lowest BCUT2D eigenvalue weighted by atomic mass is 10.6. The van der Waals surface area contributed by atoms with E-state index >= 15 is 0 Å². The van der Waals surface area contributed by atoms with Crippen molar-refractivity contribution in [1.29, 1.82) is 0 Å². The van der Waals surface area contributed by atoms with E-state index in [1.165, 1.54) is 13.2 Å². The number of hydrogen-bond acceptors (Lipinski definition) is 3. The Bertz CT molecular complexity index is 283. The van der Waals surface area contributed by atoms with Crippen molar-refractivity contribution in [2.75, 3.05) is 7.11 Å². The third-order valence-corrected chi connectivity index (χ3v) is 1.10. The van der Waals surface area contributed by atoms with Gasteiger partial charge < -0.3 is 4.74 Å². The largest absolute Gasteiger partial charge is 0.481 e. The first-order valence-corrected chi connectivity index (χ1v) is 2.91. The molecule has 0 aliphatic heterocycles. The van der Waals surface area contributed by atoms with E-state index in [-0.39, 0.29) is 11.0 Å². The van der Waals surface area contributed by atoms with Gasteiger partial charge in [-0.15, -0.1) is 0 Å². The van der Waals surface area contributed by atoms with Crippen LogP contribution in [0, 0.1) is 0 Å². The molecule has 0 spiro atoms. The molecule has 0 amide bonds. The Morgan fingerprint density at radius 2 is 2.50 bits per heavy atom. The molecule has 0 bridgehead atoms. The summed E-state index contributed by atoms with van der Waals surface area (Å²) in [5.41, 5.74) is -0.510. The van der Waals surface area contributed by atoms with E-state index < -0.39 is 5.69 Å². The van der Waals surface area contributed by atoms with Crippen molar-refractivity contribution in [2.45, 2.75) is 0 Å². The number of aromatic amines is 1. The number of halogens is 1. The predicted molar refractivity (Wildman–Crippen MR) is 36.4 cm³/mol. The molecule has 1 rings (SSSR count). The molecule has 0 saturated carbocycles. The van der Waals surface area contributed by atoms with E-state index in [1.54, 1.807) is 0 Å². The summed E-state index contributed by atoms with van der Waals surface area (Å²) >= 11 is 5.45. The maximum atomic E-state index is 10.5. The normalized spacial score (nSPS) is 9.40. The topological polar surface area (TPSA) is 55.0 Å². The van der Waals surface area contributed by atoms with Gasteiger partial charge in [0.25, 0.3) is 0 Å². The Morgan fingerprint density at radius 1 is 1.80 bits per heavy atom. The number of nitrogens with one attached hydrogen (secondary N) is 1. The van der Waals surface area contributed by atoms with E-state index in [2.05, 4.69) is 14.7 Å². The van der Waals surface area contributed by atoms with Crippen LogP contribution in [0.3, 0.4) is 0 Å². The first kappa shape index (κ1) is 7.08. The number of nitrogens with zero attached hydrogens (tertiary/aromatic N) is 1. The minimum absolute atomic E-state index is 0.216. The zero-order valence-corrected chi connectivity index (χ0v) is 5.97. The second-order valence-corrected chi connectivity index (χ2v) is 1.98. The average Bonchev–Trinajstić information content (AvgIpc) is 1.85. The number of ether oxygens (including phenoxy) is 1. The van der Waals surface area contributed by atoms with E-state index in [1.807, 2.05) is 0 Å². The van der Waals surface area contributed by atoms with Crippen molar-refractivity contribution in [1.82, 2.24) is 9.97 Å². The molecule has 0 saturated heterocycles. The van der Waals surface area contributed by atoms with E-state index in [9.17, 15) is 4.79 Å². The summed E-state index contributed by atoms with van der Waals surface area (Å²) < 4.78 is 4.66. The summed E-state index contributed by atoms with van der Waals surface area (Å²) in [5.74, 6) is 0.216. The highest BCUT2D eigenvalue weighted by atomic mass is 35.5. The first-order chi connectivity index (χ1) is 4.72. The van der Waals surface area contributed by atoms with Gasteiger partial charge in [0.1, 0.15) is 5.15 Å². The van der Waals surface area contributed by atoms with Crippen LogP contribution in [0.4, 0.5) is 0 Å². The van der Waals surface area contributed by atoms with Gasteiger partial charge in [0.05, 0.1) is 7.11 Å². The van der Waals surface area contributed by atoms with Gasteiger partial charge in [-0.25, -0.2) is 4.79 Å². The van der Waals surface area contributed by atoms with Crippen molar-refractivity contribution >= 4 is 11.6 Å². The molecule has 0 fully saturated rings. The number of hydrogen-bond donors (Lipinski definition) is 1. The lowest BCUT2D eigenvalue weighted by Gasteiger charge is -1.95. The molecule has 0 aliphatic rings. The number of methoxy groups -OCH3 is 1. The third kappa shape index (κ3) is 1.48. The van der Waals surface area contributed by atoms with E-state index in [0.29, 0.717) is 0 Å². The molecule has 1 heterocycles. The lowest BCUT2D eigenvalue weighted by Crippen LogP contribution is -2.10. The molecular weight excluding hydrogens is 156 g/mol. The summed E-state index contributed by atoms with van der Waals surface area (Å²) in [5, 5.41) is 0.219. The molecule has 1 aromatic heterocycles. The van der Waals surface area contributed by atoms with Crippen molar-refractivity contribution in [2.24, 2.45) is 0 Å². The SMILES string of the molecule is COc1cc(Cl)[nH]c(=O)n1. The van der Waals surface area contributed by atoms with Gasteiger partial charge in [-0.05, 0) is 0 Å². The van der Waals surface area contributed by atoms with Gasteiger partial charge in [0.2, 0.25) is 5.88 Å². The van der Waals surface area contributed by atoms with Crippen molar-refractivity contribution < 1.29 is 4.74 Å². The maximum absolute atomic E-state index is 10.5. The first-order valence-electron chi connectivity index (χ1n) is 2.53. The van der Waals surface area contributed by atoms with Crippen LogP contribution in [0.5, 0.6) is 5.88 Å². The molecule has 0 aromatic carbocycles. The summed E-state index contributed by atoms with van der Waals surface area (Å²) in [4.78, 5) is 16.2. The third-order valence-electron chi connectivity index (χ3n) is 0.897. The molecule has 0 unspecified atom stereocenters.